The molecule has 0 fully saturated rings. The lowest BCUT2D eigenvalue weighted by molar-refractivity contribution is -0.153. The summed E-state index contributed by atoms with van der Waals surface area (Å²) in [5, 5.41) is 2.42. The third-order valence-electron chi connectivity index (χ3n) is 4.10. The van der Waals surface area contributed by atoms with Gasteiger partial charge in [0.15, 0.2) is 22.2 Å². The summed E-state index contributed by atoms with van der Waals surface area (Å²) < 4.78 is 72.5. The van der Waals surface area contributed by atoms with Crippen LogP contribution < -0.4 is 10.1 Å². The number of carbonyl (C=O) groups excluding carboxylic acids is 1. The number of furan rings is 1. The predicted molar refractivity (Wildman–Crippen MR) is 107 cm³/mol. The van der Waals surface area contributed by atoms with E-state index in [1.165, 1.54) is 36.4 Å². The summed E-state index contributed by atoms with van der Waals surface area (Å²) in [6.45, 7) is 0.152. The molecule has 1 heterocycles. The van der Waals surface area contributed by atoms with Crippen LogP contribution in [0.25, 0.3) is 0 Å². The summed E-state index contributed by atoms with van der Waals surface area (Å²) in [7, 11) is -3.67. The van der Waals surface area contributed by atoms with E-state index in [0.717, 1.165) is 0 Å². The molecule has 1 aromatic heterocycles. The third-order valence-corrected chi connectivity index (χ3v) is 5.75. The van der Waals surface area contributed by atoms with Gasteiger partial charge in [-0.15, -0.1) is 0 Å². The molecule has 0 saturated carbocycles. The normalized spacial score (nSPS) is 11.9. The number of sulfone groups is 1. The van der Waals surface area contributed by atoms with Crippen molar-refractivity contribution in [2.24, 2.45) is 0 Å². The van der Waals surface area contributed by atoms with Crippen molar-refractivity contribution >= 4 is 21.4 Å². The van der Waals surface area contributed by atoms with Gasteiger partial charge >= 0.3 is 6.18 Å². The molecule has 164 valence electrons. The Labute approximate surface area is 176 Å². The molecule has 0 spiro atoms. The quantitative estimate of drug-likeness (QED) is 0.558. The predicted octanol–water partition coefficient (Wildman–Crippen LogP) is 4.76. The van der Waals surface area contributed by atoms with Crippen molar-refractivity contribution in [1.82, 2.24) is 0 Å². The maximum absolute atomic E-state index is 12.5. The number of anilines is 1. The fraction of sp³-hybridized carbons (Fsp3) is 0.190. The molecule has 10 heteroatoms. The van der Waals surface area contributed by atoms with Crippen LogP contribution in [0.15, 0.2) is 70.0 Å². The summed E-state index contributed by atoms with van der Waals surface area (Å²) in [5.74, 6) is -1.50. The molecule has 3 aromatic rings. The topological polar surface area (TPSA) is 85.6 Å². The van der Waals surface area contributed by atoms with Crippen LogP contribution in [0.4, 0.5) is 18.9 Å². The lowest BCUT2D eigenvalue weighted by atomic mass is 10.2. The molecule has 0 aliphatic heterocycles. The van der Waals surface area contributed by atoms with Crippen molar-refractivity contribution in [2.75, 3.05) is 11.9 Å². The first-order valence-electron chi connectivity index (χ1n) is 9.01. The van der Waals surface area contributed by atoms with Gasteiger partial charge in [0.05, 0.1) is 10.6 Å². The Morgan fingerprint density at radius 1 is 1.06 bits per heavy atom. The third kappa shape index (κ3) is 6.11. The van der Waals surface area contributed by atoms with Crippen molar-refractivity contribution in [3.63, 3.8) is 0 Å². The monoisotopic (exact) mass is 453 g/mol. The molecule has 0 aliphatic rings. The summed E-state index contributed by atoms with van der Waals surface area (Å²) in [6, 6.07) is 14.8. The second-order valence-corrected chi connectivity index (χ2v) is 8.69. The lowest BCUT2D eigenvalue weighted by Crippen LogP contribution is -2.20. The van der Waals surface area contributed by atoms with E-state index in [0.29, 0.717) is 5.56 Å². The molecule has 0 unspecified atom stereocenters. The van der Waals surface area contributed by atoms with E-state index in [4.69, 9.17) is 9.15 Å². The second kappa shape index (κ2) is 8.84. The molecule has 1 amide bonds. The number of nitrogens with one attached hydrogen (secondary N) is 1. The van der Waals surface area contributed by atoms with Gasteiger partial charge in [0.2, 0.25) is 0 Å². The largest absolute Gasteiger partial charge is 0.482 e. The first-order valence-corrected chi connectivity index (χ1v) is 10.7. The molecule has 6 nitrogen and oxygen atoms in total. The molecule has 0 saturated heterocycles. The van der Waals surface area contributed by atoms with E-state index < -0.39 is 34.3 Å². The minimum absolute atomic E-state index is 0.0229. The maximum atomic E-state index is 12.5. The van der Waals surface area contributed by atoms with Crippen molar-refractivity contribution in [1.29, 1.82) is 0 Å². The standard InChI is InChI=1S/C21H18F3NO5S/c1-14-7-9-17(19(11-14)29-13-21(22,23)24)25-20(26)18-10-8-15(30-18)12-31(27,28)16-5-3-2-4-6-16/h2-11H,12-13H2,1H3,(H,25,26). The molecule has 3 rings (SSSR count). The van der Waals surface area contributed by atoms with Crippen LogP contribution in [-0.2, 0) is 15.6 Å². The van der Waals surface area contributed by atoms with E-state index in [9.17, 15) is 26.4 Å². The van der Waals surface area contributed by atoms with Crippen LogP contribution >= 0.6 is 0 Å². The fourth-order valence-electron chi connectivity index (χ4n) is 2.67. The number of hydrogen-bond acceptors (Lipinski definition) is 5. The zero-order valence-corrected chi connectivity index (χ0v) is 17.1. The Kier molecular flexibility index (Phi) is 6.40. The van der Waals surface area contributed by atoms with E-state index in [2.05, 4.69) is 5.32 Å². The zero-order chi connectivity index (χ0) is 22.6. The average Bonchev–Trinajstić information content (AvgIpc) is 3.16. The molecular weight excluding hydrogens is 435 g/mol. The van der Waals surface area contributed by atoms with Gasteiger partial charge in [0.25, 0.3) is 5.91 Å². The lowest BCUT2D eigenvalue weighted by Gasteiger charge is -2.14. The summed E-state index contributed by atoms with van der Waals surface area (Å²) >= 11 is 0. The molecule has 0 atom stereocenters. The minimum atomic E-state index is -4.54. The van der Waals surface area contributed by atoms with Gasteiger partial charge in [-0.3, -0.25) is 4.79 Å². The number of ether oxygens (including phenoxy) is 1. The van der Waals surface area contributed by atoms with E-state index in [1.807, 2.05) is 0 Å². The van der Waals surface area contributed by atoms with E-state index >= 15 is 0 Å². The number of hydrogen-bond donors (Lipinski definition) is 1. The van der Waals surface area contributed by atoms with Crippen molar-refractivity contribution in [2.45, 2.75) is 23.7 Å². The highest BCUT2D eigenvalue weighted by molar-refractivity contribution is 7.90. The zero-order valence-electron chi connectivity index (χ0n) is 16.3. The Hall–Kier alpha value is -3.27. The van der Waals surface area contributed by atoms with Crippen LogP contribution in [0, 0.1) is 6.92 Å². The maximum Gasteiger partial charge on any atom is 0.422 e. The van der Waals surface area contributed by atoms with Crippen LogP contribution in [-0.4, -0.2) is 27.1 Å². The SMILES string of the molecule is Cc1ccc(NC(=O)c2ccc(CS(=O)(=O)c3ccccc3)o2)c(OCC(F)(F)F)c1. The van der Waals surface area contributed by atoms with E-state index in [-0.39, 0.29) is 27.9 Å². The summed E-state index contributed by atoms with van der Waals surface area (Å²) in [6.07, 6.45) is -4.54. The van der Waals surface area contributed by atoms with Gasteiger partial charge < -0.3 is 14.5 Å². The van der Waals surface area contributed by atoms with Gasteiger partial charge in [-0.2, -0.15) is 13.2 Å². The van der Waals surface area contributed by atoms with E-state index in [1.54, 1.807) is 31.2 Å². The Bertz CT molecular complexity index is 1170. The average molecular weight is 453 g/mol. The molecule has 2 aromatic carbocycles. The molecule has 31 heavy (non-hydrogen) atoms. The Balaban J connectivity index is 1.73. The molecular formula is C21H18F3NO5S. The number of alkyl halides is 3. The fourth-order valence-corrected chi connectivity index (χ4v) is 3.94. The van der Waals surface area contributed by atoms with Crippen molar-refractivity contribution < 1.29 is 35.5 Å². The van der Waals surface area contributed by atoms with Gasteiger partial charge in [-0.1, -0.05) is 24.3 Å². The smallest absolute Gasteiger partial charge is 0.422 e. The first kappa shape index (κ1) is 22.4. The van der Waals surface area contributed by atoms with Crippen LogP contribution in [0.1, 0.15) is 21.9 Å². The Morgan fingerprint density at radius 2 is 1.77 bits per heavy atom. The highest BCUT2D eigenvalue weighted by Gasteiger charge is 2.29. The first-order chi connectivity index (χ1) is 14.5. The van der Waals surface area contributed by atoms with Crippen molar-refractivity contribution in [3.05, 3.63) is 77.7 Å². The molecule has 1 N–H and O–H groups in total. The highest BCUT2D eigenvalue weighted by Crippen LogP contribution is 2.29. The number of rotatable bonds is 7. The van der Waals surface area contributed by atoms with Gasteiger partial charge in [-0.25, -0.2) is 8.42 Å². The van der Waals surface area contributed by atoms with Gasteiger partial charge in [0, 0.05) is 0 Å². The summed E-state index contributed by atoms with van der Waals surface area (Å²) in [5.41, 5.74) is 0.663. The second-order valence-electron chi connectivity index (χ2n) is 6.70. The highest BCUT2D eigenvalue weighted by atomic mass is 32.2. The number of carbonyl (C=O) groups is 1. The summed E-state index contributed by atoms with van der Waals surface area (Å²) in [4.78, 5) is 12.6. The van der Waals surface area contributed by atoms with Crippen LogP contribution in [0.5, 0.6) is 5.75 Å². The minimum Gasteiger partial charge on any atom is -0.482 e. The van der Waals surface area contributed by atoms with Gasteiger partial charge in [-0.05, 0) is 48.9 Å². The molecule has 0 bridgehead atoms. The molecule has 0 aliphatic carbocycles. The van der Waals surface area contributed by atoms with Crippen LogP contribution in [0.2, 0.25) is 0 Å². The number of aryl methyl sites for hydroxylation is 1. The number of benzene rings is 2. The van der Waals surface area contributed by atoms with Gasteiger partial charge in [0.1, 0.15) is 17.3 Å². The van der Waals surface area contributed by atoms with Crippen LogP contribution in [0.3, 0.4) is 0 Å². The number of amides is 1. The molecule has 0 radical (unpaired) electrons. The number of halogens is 3. The van der Waals surface area contributed by atoms with Crippen molar-refractivity contribution in [3.8, 4) is 5.75 Å². The Morgan fingerprint density at radius 3 is 2.45 bits per heavy atom.